The number of amides is 3. The largest absolute Gasteiger partial charge is 0.482 e. The first kappa shape index (κ1) is 20.8. The maximum Gasteiger partial charge on any atom is 0.407 e. The van der Waals surface area contributed by atoms with E-state index in [-0.39, 0.29) is 18.3 Å². The van der Waals surface area contributed by atoms with Gasteiger partial charge in [0.15, 0.2) is 11.5 Å². The van der Waals surface area contributed by atoms with Crippen LogP contribution in [0.1, 0.15) is 32.5 Å². The van der Waals surface area contributed by atoms with Crippen LogP contribution in [0, 0.1) is 12.3 Å². The Morgan fingerprint density at radius 3 is 2.52 bits per heavy atom. The minimum atomic E-state index is -0.696. The van der Waals surface area contributed by atoms with Crippen molar-refractivity contribution in [2.75, 3.05) is 20.7 Å². The van der Waals surface area contributed by atoms with Crippen LogP contribution in [0.5, 0.6) is 5.75 Å². The quantitative estimate of drug-likeness (QED) is 0.704. The molecule has 1 aromatic carbocycles. The van der Waals surface area contributed by atoms with Crippen molar-refractivity contribution >= 4 is 29.5 Å². The molecule has 1 atom stereocenters. The van der Waals surface area contributed by atoms with Gasteiger partial charge in [0, 0.05) is 19.5 Å². The number of ketones is 1. The van der Waals surface area contributed by atoms with Crippen LogP contribution in [0.15, 0.2) is 35.5 Å². The van der Waals surface area contributed by atoms with Gasteiger partial charge in [-0.3, -0.25) is 19.4 Å². The number of fused-ring (bicyclic) bond motifs is 3. The van der Waals surface area contributed by atoms with Gasteiger partial charge in [-0.15, -0.1) is 0 Å². The number of ether oxygens (including phenoxy) is 1. The zero-order valence-corrected chi connectivity index (χ0v) is 18.5. The predicted octanol–water partition coefficient (Wildman–Crippen LogP) is 2.18. The van der Waals surface area contributed by atoms with Crippen molar-refractivity contribution in [2.45, 2.75) is 33.7 Å². The summed E-state index contributed by atoms with van der Waals surface area (Å²) in [6, 6.07) is 6.26. The summed E-state index contributed by atoms with van der Waals surface area (Å²) in [4.78, 5) is 44.7. The van der Waals surface area contributed by atoms with Crippen molar-refractivity contribution in [3.05, 3.63) is 36.2 Å². The third-order valence-corrected chi connectivity index (χ3v) is 5.63. The molecule has 1 saturated heterocycles. The van der Waals surface area contributed by atoms with E-state index in [1.54, 1.807) is 17.7 Å². The summed E-state index contributed by atoms with van der Waals surface area (Å²) in [6.45, 7) is 7.42. The fourth-order valence-corrected chi connectivity index (χ4v) is 3.69. The number of carbonyl (C=O) groups is 3. The van der Waals surface area contributed by atoms with Crippen molar-refractivity contribution in [3.8, 4) is 11.4 Å². The molecule has 0 spiro atoms. The number of nitrogens with zero attached hydrogens (tertiary/aromatic N) is 5. The van der Waals surface area contributed by atoms with Crippen LogP contribution in [0.25, 0.3) is 5.69 Å². The molecular formula is C22H26N5O4+. The minimum Gasteiger partial charge on any atom is -0.482 e. The lowest BCUT2D eigenvalue weighted by Gasteiger charge is -2.30. The van der Waals surface area contributed by atoms with Gasteiger partial charge in [-0.1, -0.05) is 37.9 Å². The van der Waals surface area contributed by atoms with Crippen LogP contribution in [0.3, 0.4) is 0 Å². The maximum absolute atomic E-state index is 12.8. The number of aryl methyl sites for hydroxylation is 1. The number of hydrogen-bond donors (Lipinski definition) is 0. The number of para-hydroxylation sites is 2. The number of Topliss-reactive ketones (excluding diaryl/α,β-unsaturated/α-hetero) is 1. The van der Waals surface area contributed by atoms with Crippen molar-refractivity contribution in [2.24, 2.45) is 10.4 Å². The van der Waals surface area contributed by atoms with E-state index in [4.69, 9.17) is 4.74 Å². The molecule has 0 N–H and O–H groups in total. The summed E-state index contributed by atoms with van der Waals surface area (Å²) in [6.07, 6.45) is 1.84. The van der Waals surface area contributed by atoms with E-state index in [1.807, 2.05) is 56.7 Å². The zero-order chi connectivity index (χ0) is 22.7. The molecule has 2 aliphatic rings. The van der Waals surface area contributed by atoms with E-state index >= 15 is 0 Å². The van der Waals surface area contributed by atoms with Gasteiger partial charge in [0.05, 0.1) is 0 Å². The van der Waals surface area contributed by atoms with E-state index < -0.39 is 17.5 Å². The number of aromatic nitrogens is 2. The molecule has 0 radical (unpaired) electrons. The van der Waals surface area contributed by atoms with Gasteiger partial charge in [-0.05, 0) is 19.1 Å². The molecule has 1 fully saturated rings. The molecular weight excluding hydrogens is 398 g/mol. The third-order valence-electron chi connectivity index (χ3n) is 5.63. The second kappa shape index (κ2) is 7.04. The van der Waals surface area contributed by atoms with Gasteiger partial charge < -0.3 is 4.74 Å². The number of imidazole rings is 1. The molecule has 4 rings (SSSR count). The highest BCUT2D eigenvalue weighted by atomic mass is 16.5. The third kappa shape index (κ3) is 3.20. The van der Waals surface area contributed by atoms with Crippen molar-refractivity contribution in [1.29, 1.82) is 0 Å². The molecule has 0 bridgehead atoms. The van der Waals surface area contributed by atoms with E-state index in [0.29, 0.717) is 23.2 Å². The summed E-state index contributed by atoms with van der Waals surface area (Å²) in [7, 11) is 3.08. The summed E-state index contributed by atoms with van der Waals surface area (Å²) >= 11 is 0. The van der Waals surface area contributed by atoms with Gasteiger partial charge in [0.2, 0.25) is 11.9 Å². The molecule has 2 aromatic rings. The smallest absolute Gasteiger partial charge is 0.407 e. The highest BCUT2D eigenvalue weighted by Gasteiger charge is 2.52. The summed E-state index contributed by atoms with van der Waals surface area (Å²) < 4.78 is 9.53. The van der Waals surface area contributed by atoms with Crippen molar-refractivity contribution < 1.29 is 23.7 Å². The molecule has 0 aliphatic carbocycles. The average molecular weight is 424 g/mol. The van der Waals surface area contributed by atoms with Gasteiger partial charge in [0.25, 0.3) is 5.91 Å². The van der Waals surface area contributed by atoms with Crippen molar-refractivity contribution in [1.82, 2.24) is 14.4 Å². The average Bonchev–Trinajstić information content (AvgIpc) is 3.23. The first-order valence-electron chi connectivity index (χ1n) is 10.0. The maximum atomic E-state index is 12.8. The molecule has 1 aromatic heterocycles. The number of carbonyl (C=O) groups excluding carboxylic acids is 3. The number of aliphatic imine (C=N–C) groups is 1. The van der Waals surface area contributed by atoms with Crippen LogP contribution >= 0.6 is 0 Å². The van der Waals surface area contributed by atoms with Crippen LogP contribution < -0.4 is 9.30 Å². The monoisotopic (exact) mass is 424 g/mol. The van der Waals surface area contributed by atoms with E-state index in [0.717, 1.165) is 10.6 Å². The Morgan fingerprint density at radius 1 is 1.16 bits per heavy atom. The Morgan fingerprint density at radius 2 is 1.84 bits per heavy atom. The Bertz CT molecular complexity index is 1140. The van der Waals surface area contributed by atoms with Gasteiger partial charge in [0.1, 0.15) is 24.2 Å². The highest BCUT2D eigenvalue weighted by molar-refractivity contribution is 6.18. The fraction of sp³-hybridized carbons (Fsp3) is 0.409. The van der Waals surface area contributed by atoms with E-state index in [2.05, 4.69) is 4.99 Å². The van der Waals surface area contributed by atoms with Crippen LogP contribution in [0.2, 0.25) is 0 Å². The number of benzene rings is 1. The second-order valence-corrected chi connectivity index (χ2v) is 8.85. The predicted molar refractivity (Wildman–Crippen MR) is 113 cm³/mol. The van der Waals surface area contributed by atoms with Crippen molar-refractivity contribution in [3.63, 3.8) is 0 Å². The van der Waals surface area contributed by atoms with Gasteiger partial charge in [-0.2, -0.15) is 4.57 Å². The molecule has 3 amide bonds. The molecule has 1 unspecified atom stereocenters. The normalized spacial score (nSPS) is 18.1. The zero-order valence-electron chi connectivity index (χ0n) is 18.5. The minimum absolute atomic E-state index is 0.00818. The van der Waals surface area contributed by atoms with E-state index in [1.165, 1.54) is 11.9 Å². The van der Waals surface area contributed by atoms with Crippen LogP contribution in [-0.2, 0) is 9.59 Å². The number of amidine groups is 1. The van der Waals surface area contributed by atoms with Gasteiger partial charge >= 0.3 is 12.0 Å². The molecule has 9 heteroatoms. The summed E-state index contributed by atoms with van der Waals surface area (Å²) in [5.74, 6) is 1.09. The number of likely N-dealkylation sites (N-methyl/N-ethyl adjacent to an activating group) is 2. The number of urea groups is 1. The Hall–Kier alpha value is -3.49. The Labute approximate surface area is 180 Å². The SMILES string of the molecule is Cc1c[n+]2c(n1-c1ccccc1OCC(=O)C(C)(C)C)N=C1C2C(=O)N(C)C(=O)N1C. The Balaban J connectivity index is 1.77. The van der Waals surface area contributed by atoms with E-state index in [9.17, 15) is 14.4 Å². The molecule has 31 heavy (non-hydrogen) atoms. The molecule has 162 valence electrons. The fourth-order valence-electron chi connectivity index (χ4n) is 3.69. The van der Waals surface area contributed by atoms with Crippen LogP contribution in [0.4, 0.5) is 10.7 Å². The number of rotatable bonds is 4. The second-order valence-electron chi connectivity index (χ2n) is 8.85. The lowest BCUT2D eigenvalue weighted by atomic mass is 9.91. The molecule has 9 nitrogen and oxygen atoms in total. The molecule has 0 saturated carbocycles. The topological polar surface area (TPSA) is 88.1 Å². The number of imide groups is 1. The summed E-state index contributed by atoms with van der Waals surface area (Å²) in [5.41, 5.74) is 1.04. The summed E-state index contributed by atoms with van der Waals surface area (Å²) in [5, 5.41) is 0. The van der Waals surface area contributed by atoms with Gasteiger partial charge in [-0.25, -0.2) is 9.36 Å². The first-order valence-corrected chi connectivity index (χ1v) is 10.0. The lowest BCUT2D eigenvalue weighted by Crippen LogP contribution is -2.61. The lowest BCUT2D eigenvalue weighted by molar-refractivity contribution is -0.676. The Kier molecular flexibility index (Phi) is 4.72. The number of hydrogen-bond acceptors (Lipinski definition) is 5. The highest BCUT2D eigenvalue weighted by Crippen LogP contribution is 2.34. The standard InChI is InChI=1S/C22H26N5O4/c1-13-11-26-17-18(24(5)21(30)25(6)19(17)29)23-20(26)27(13)14-9-7-8-10-15(14)31-12-16(28)22(2,3)4/h7-11,17H,12H2,1-6H3/q+1. The molecule has 2 aliphatic heterocycles. The van der Waals surface area contributed by atoms with Crippen LogP contribution in [-0.4, -0.2) is 58.6 Å². The first-order chi connectivity index (χ1) is 14.5. The molecule has 3 heterocycles.